The van der Waals surface area contributed by atoms with Gasteiger partial charge in [-0.2, -0.15) is 0 Å². The highest BCUT2D eigenvalue weighted by atomic mass is 16.5. The first-order valence-corrected chi connectivity index (χ1v) is 6.01. The van der Waals surface area contributed by atoms with Crippen LogP contribution in [0.3, 0.4) is 0 Å². The van der Waals surface area contributed by atoms with Crippen molar-refractivity contribution in [1.29, 1.82) is 0 Å². The average Bonchev–Trinajstić information content (AvgIpc) is 2.42. The van der Waals surface area contributed by atoms with Gasteiger partial charge < -0.3 is 15.2 Å². The Labute approximate surface area is 111 Å². The predicted molar refractivity (Wildman–Crippen MR) is 69.9 cm³/mol. The lowest BCUT2D eigenvalue weighted by Crippen LogP contribution is -2.49. The number of nitrogens with two attached hydrogens (primary N) is 1. The lowest BCUT2D eigenvalue weighted by Gasteiger charge is -2.34. The topological polar surface area (TPSA) is 81.9 Å². The molecule has 2 rings (SSSR count). The van der Waals surface area contributed by atoms with E-state index in [4.69, 9.17) is 15.2 Å². The number of rotatable bonds is 3. The van der Waals surface area contributed by atoms with Crippen LogP contribution in [0.15, 0.2) is 18.2 Å². The zero-order valence-corrected chi connectivity index (χ0v) is 10.9. The number of ether oxygens (including phenoxy) is 2. The van der Waals surface area contributed by atoms with Crippen molar-refractivity contribution in [2.75, 3.05) is 24.4 Å². The Kier molecular flexibility index (Phi) is 3.59. The number of methoxy groups -OCH3 is 1. The smallest absolute Gasteiger partial charge is 0.328 e. The summed E-state index contributed by atoms with van der Waals surface area (Å²) in [6, 6.07) is 4.43. The fraction of sp³-hybridized carbons (Fsp3) is 0.385. The van der Waals surface area contributed by atoms with Crippen molar-refractivity contribution in [2.45, 2.75) is 19.4 Å². The van der Waals surface area contributed by atoms with Gasteiger partial charge in [0.15, 0.2) is 6.61 Å². The van der Waals surface area contributed by atoms with E-state index in [9.17, 15) is 9.59 Å². The Morgan fingerprint density at radius 3 is 2.95 bits per heavy atom. The van der Waals surface area contributed by atoms with E-state index in [2.05, 4.69) is 0 Å². The van der Waals surface area contributed by atoms with Gasteiger partial charge in [-0.1, -0.05) is 13.0 Å². The van der Waals surface area contributed by atoms with Crippen molar-refractivity contribution in [2.24, 2.45) is 0 Å². The third kappa shape index (κ3) is 2.21. The molecule has 102 valence electrons. The number of hydrogen-bond acceptors (Lipinski definition) is 5. The van der Waals surface area contributed by atoms with E-state index in [1.807, 2.05) is 6.92 Å². The van der Waals surface area contributed by atoms with E-state index in [1.54, 1.807) is 18.2 Å². The van der Waals surface area contributed by atoms with Crippen molar-refractivity contribution in [1.82, 2.24) is 0 Å². The van der Waals surface area contributed by atoms with E-state index < -0.39 is 12.0 Å². The number of anilines is 2. The maximum atomic E-state index is 12.1. The van der Waals surface area contributed by atoms with Crippen LogP contribution in [0.1, 0.15) is 13.3 Å². The molecule has 1 unspecified atom stereocenters. The maximum Gasteiger partial charge on any atom is 0.328 e. The predicted octanol–water partition coefficient (Wildman–Crippen LogP) is 0.946. The molecule has 0 aromatic heterocycles. The minimum absolute atomic E-state index is 0.107. The number of nitrogen functional groups attached to an aromatic ring is 1. The fourth-order valence-electron chi connectivity index (χ4n) is 2.17. The molecular formula is C13H16N2O4. The number of para-hydroxylation sites is 1. The third-order valence-corrected chi connectivity index (χ3v) is 3.06. The van der Waals surface area contributed by atoms with Crippen LogP contribution in [0.5, 0.6) is 5.75 Å². The Bertz CT molecular complexity index is 515. The van der Waals surface area contributed by atoms with Gasteiger partial charge in [0.1, 0.15) is 17.5 Å². The largest absolute Gasteiger partial charge is 0.481 e. The number of amides is 1. The minimum atomic E-state index is -0.690. The molecule has 0 saturated heterocycles. The molecule has 1 aliphatic heterocycles. The number of esters is 1. The number of fused-ring (bicyclic) bond motifs is 1. The summed E-state index contributed by atoms with van der Waals surface area (Å²) in [6.07, 6.45) is 0.437. The van der Waals surface area contributed by atoms with Crippen LogP contribution >= 0.6 is 0 Å². The summed E-state index contributed by atoms with van der Waals surface area (Å²) in [5.41, 5.74) is 6.74. The first kappa shape index (κ1) is 13.2. The standard InChI is InChI=1S/C13H16N2O4/c1-3-9(13(17)18-2)15-11(16)7-19-10-6-4-5-8(14)12(10)15/h4-6,9H,3,7,14H2,1-2H3. The molecule has 1 aromatic carbocycles. The van der Waals surface area contributed by atoms with Crippen LogP contribution < -0.4 is 15.4 Å². The summed E-state index contributed by atoms with van der Waals surface area (Å²) in [4.78, 5) is 25.3. The molecule has 2 N–H and O–H groups in total. The fourth-order valence-corrected chi connectivity index (χ4v) is 2.17. The second-order valence-electron chi connectivity index (χ2n) is 4.19. The van der Waals surface area contributed by atoms with Crippen LogP contribution in [0.2, 0.25) is 0 Å². The van der Waals surface area contributed by atoms with E-state index in [0.717, 1.165) is 0 Å². The molecule has 1 atom stereocenters. The summed E-state index contributed by atoms with van der Waals surface area (Å²) in [5.74, 6) is -0.267. The molecule has 0 bridgehead atoms. The maximum absolute atomic E-state index is 12.1. The molecule has 1 aromatic rings. The van der Waals surface area contributed by atoms with Crippen molar-refractivity contribution in [3.05, 3.63) is 18.2 Å². The van der Waals surface area contributed by atoms with Gasteiger partial charge in [-0.25, -0.2) is 4.79 Å². The van der Waals surface area contributed by atoms with Gasteiger partial charge in [0, 0.05) is 0 Å². The second kappa shape index (κ2) is 5.17. The van der Waals surface area contributed by atoms with Crippen molar-refractivity contribution >= 4 is 23.3 Å². The molecule has 1 heterocycles. The van der Waals surface area contributed by atoms with Crippen molar-refractivity contribution < 1.29 is 19.1 Å². The summed E-state index contributed by atoms with van der Waals surface area (Å²) in [6.45, 7) is 1.70. The Morgan fingerprint density at radius 2 is 2.32 bits per heavy atom. The van der Waals surface area contributed by atoms with Gasteiger partial charge in [0.05, 0.1) is 12.8 Å². The minimum Gasteiger partial charge on any atom is -0.481 e. The first-order valence-electron chi connectivity index (χ1n) is 6.01. The number of nitrogens with zero attached hydrogens (tertiary/aromatic N) is 1. The summed E-state index contributed by atoms with van der Waals surface area (Å²) >= 11 is 0. The molecule has 1 amide bonds. The average molecular weight is 264 g/mol. The van der Waals surface area contributed by atoms with E-state index >= 15 is 0 Å². The van der Waals surface area contributed by atoms with Gasteiger partial charge in [-0.3, -0.25) is 9.69 Å². The summed E-state index contributed by atoms with van der Waals surface area (Å²) in [5, 5.41) is 0. The molecule has 6 nitrogen and oxygen atoms in total. The molecule has 19 heavy (non-hydrogen) atoms. The quantitative estimate of drug-likeness (QED) is 0.649. The van der Waals surface area contributed by atoms with Crippen LogP contribution in [0.25, 0.3) is 0 Å². The monoisotopic (exact) mass is 264 g/mol. The van der Waals surface area contributed by atoms with Crippen LogP contribution in [-0.4, -0.2) is 31.6 Å². The van der Waals surface area contributed by atoms with E-state index in [-0.39, 0.29) is 12.5 Å². The zero-order valence-electron chi connectivity index (χ0n) is 10.9. The molecule has 0 saturated carbocycles. The molecule has 0 aliphatic carbocycles. The van der Waals surface area contributed by atoms with E-state index in [1.165, 1.54) is 12.0 Å². The molecular weight excluding hydrogens is 248 g/mol. The summed E-state index contributed by atoms with van der Waals surface area (Å²) in [7, 11) is 1.30. The van der Waals surface area contributed by atoms with Gasteiger partial charge >= 0.3 is 5.97 Å². The van der Waals surface area contributed by atoms with Crippen LogP contribution in [0.4, 0.5) is 11.4 Å². The highest BCUT2D eigenvalue weighted by molar-refractivity contribution is 6.05. The molecule has 0 radical (unpaired) electrons. The second-order valence-corrected chi connectivity index (χ2v) is 4.19. The van der Waals surface area contributed by atoms with Crippen molar-refractivity contribution in [3.63, 3.8) is 0 Å². The molecule has 0 spiro atoms. The number of hydrogen-bond donors (Lipinski definition) is 1. The number of benzene rings is 1. The Morgan fingerprint density at radius 1 is 1.58 bits per heavy atom. The van der Waals surface area contributed by atoms with Gasteiger partial charge in [-0.15, -0.1) is 0 Å². The van der Waals surface area contributed by atoms with Crippen molar-refractivity contribution in [3.8, 4) is 5.75 Å². The number of carbonyl (C=O) groups excluding carboxylic acids is 2. The number of carbonyl (C=O) groups is 2. The lowest BCUT2D eigenvalue weighted by molar-refractivity contribution is -0.143. The Balaban J connectivity index is 2.50. The third-order valence-electron chi connectivity index (χ3n) is 3.06. The van der Waals surface area contributed by atoms with Gasteiger partial charge in [0.25, 0.3) is 5.91 Å². The first-order chi connectivity index (χ1) is 9.10. The van der Waals surface area contributed by atoms with Crippen LogP contribution in [-0.2, 0) is 14.3 Å². The summed E-state index contributed by atoms with van der Waals surface area (Å²) < 4.78 is 10.1. The van der Waals surface area contributed by atoms with Crippen LogP contribution in [0, 0.1) is 0 Å². The molecule has 6 heteroatoms. The molecule has 1 aliphatic rings. The zero-order chi connectivity index (χ0) is 14.0. The lowest BCUT2D eigenvalue weighted by atomic mass is 10.1. The SMILES string of the molecule is CCC(C(=O)OC)N1C(=O)COc2cccc(N)c21. The highest BCUT2D eigenvalue weighted by Crippen LogP contribution is 2.38. The molecule has 0 fully saturated rings. The Hall–Kier alpha value is -2.24. The van der Waals surface area contributed by atoms with Gasteiger partial charge in [-0.05, 0) is 18.6 Å². The van der Waals surface area contributed by atoms with E-state index in [0.29, 0.717) is 23.5 Å². The normalized spacial score (nSPS) is 15.5. The highest BCUT2D eigenvalue weighted by Gasteiger charge is 2.36. The van der Waals surface area contributed by atoms with Gasteiger partial charge in [0.2, 0.25) is 0 Å².